The first-order valence-electron chi connectivity index (χ1n) is 13.9. The monoisotopic (exact) mass is 649 g/mol. The van der Waals surface area contributed by atoms with Crippen LogP contribution in [-0.4, -0.2) is 86.2 Å². The Morgan fingerprint density at radius 3 is 2.63 bits per heavy atom. The topological polar surface area (TPSA) is 148 Å². The Bertz CT molecular complexity index is 1770. The Morgan fingerprint density at radius 1 is 1.24 bits per heavy atom. The lowest BCUT2D eigenvalue weighted by Crippen LogP contribution is -2.71. The van der Waals surface area contributed by atoms with E-state index in [0.717, 1.165) is 6.20 Å². The van der Waals surface area contributed by atoms with E-state index in [2.05, 4.69) is 31.0 Å². The molecule has 0 spiro atoms. The van der Waals surface area contributed by atoms with Gasteiger partial charge < -0.3 is 25.6 Å². The van der Waals surface area contributed by atoms with Crippen molar-refractivity contribution in [1.82, 2.24) is 39.7 Å². The molecule has 1 fully saturated rings. The molecule has 5 rings (SSSR count). The molecule has 0 bridgehead atoms. The zero-order chi connectivity index (χ0) is 33.2. The van der Waals surface area contributed by atoms with Gasteiger partial charge >= 0.3 is 6.18 Å². The molecule has 1 saturated heterocycles. The summed E-state index contributed by atoms with van der Waals surface area (Å²) < 4.78 is 74.0. The van der Waals surface area contributed by atoms with Gasteiger partial charge in [0.05, 0.1) is 37.1 Å². The second-order valence-corrected chi connectivity index (χ2v) is 10.4. The predicted molar refractivity (Wildman–Crippen MR) is 152 cm³/mol. The number of nitrogens with zero attached hydrogens (tertiary/aromatic N) is 6. The second-order valence-electron chi connectivity index (χ2n) is 10.4. The van der Waals surface area contributed by atoms with Crippen LogP contribution < -0.4 is 16.0 Å². The normalized spacial score (nSPS) is 14.2. The number of anilines is 2. The highest BCUT2D eigenvalue weighted by Crippen LogP contribution is 2.37. The van der Waals surface area contributed by atoms with E-state index < -0.39 is 47.9 Å². The van der Waals surface area contributed by atoms with Gasteiger partial charge in [-0.15, -0.1) is 0 Å². The van der Waals surface area contributed by atoms with Gasteiger partial charge in [0.15, 0.2) is 17.2 Å². The molecular weight excluding hydrogens is 621 g/mol. The number of halogens is 5. The number of alkyl halides is 5. The molecule has 0 saturated carbocycles. The van der Waals surface area contributed by atoms with Crippen molar-refractivity contribution < 1.29 is 41.1 Å². The molecule has 3 aromatic heterocycles. The quantitative estimate of drug-likeness (QED) is 0.120. The number of benzene rings is 1. The summed E-state index contributed by atoms with van der Waals surface area (Å²) in [5, 5.41) is 11.9. The van der Waals surface area contributed by atoms with E-state index in [0.29, 0.717) is 27.9 Å². The molecule has 0 radical (unpaired) electrons. The average Bonchev–Trinajstić information content (AvgIpc) is 3.61. The third-order valence-corrected chi connectivity index (χ3v) is 7.51. The van der Waals surface area contributed by atoms with Gasteiger partial charge in [-0.1, -0.05) is 6.92 Å². The molecule has 18 heteroatoms. The molecule has 0 unspecified atom stereocenters. The summed E-state index contributed by atoms with van der Waals surface area (Å²) in [6.45, 7) is 1.27. The lowest BCUT2D eigenvalue weighted by atomic mass is 10.0. The fraction of sp³-hybridized carbons (Fsp3) is 0.357. The van der Waals surface area contributed by atoms with E-state index in [9.17, 15) is 36.3 Å². The number of aromatic nitrogens is 5. The lowest BCUT2D eigenvalue weighted by Gasteiger charge is -2.46. The number of hydrogen-bond donors (Lipinski definition) is 3. The van der Waals surface area contributed by atoms with Crippen LogP contribution in [0.2, 0.25) is 0 Å². The van der Waals surface area contributed by atoms with E-state index >= 15 is 0 Å². The number of carbonyl (C=O) groups is 3. The minimum absolute atomic E-state index is 0.0352. The number of hydrogen-bond acceptors (Lipinski definition) is 9. The van der Waals surface area contributed by atoms with E-state index in [1.165, 1.54) is 34.9 Å². The summed E-state index contributed by atoms with van der Waals surface area (Å²) in [6.07, 6.45) is -2.60. The Labute approximate surface area is 257 Å². The number of ether oxygens (including phenoxy) is 1. The minimum Gasteiger partial charge on any atom is -0.438 e. The predicted octanol–water partition coefficient (Wildman–Crippen LogP) is 2.84. The van der Waals surface area contributed by atoms with Gasteiger partial charge in [0.25, 0.3) is 18.8 Å². The molecular formula is C28H28F5N9O4. The molecule has 1 aliphatic heterocycles. The fourth-order valence-electron chi connectivity index (χ4n) is 5.01. The standard InChI is InChI=1S/C28H28F5N9O4/c1-3-16-8-17(4-5-18(16)26(45)37-10-22(44)40(2)27(46-15-43)13-34-14-27)38-24-25-36-9-20(42(25)7-6-35-24)19-11-41(12-21(29)30)39-23(19)28(31,32)33/h4-9,11,15,21,34H,3,10,12-14H2,1-2H3,(H,35,38)(H,37,45). The van der Waals surface area contributed by atoms with Crippen LogP contribution in [0.4, 0.5) is 33.5 Å². The van der Waals surface area contributed by atoms with Gasteiger partial charge in [-0.2, -0.15) is 18.3 Å². The van der Waals surface area contributed by atoms with Gasteiger partial charge in [-0.3, -0.25) is 23.5 Å². The van der Waals surface area contributed by atoms with Crippen LogP contribution in [0.1, 0.15) is 28.5 Å². The molecule has 0 aliphatic carbocycles. The van der Waals surface area contributed by atoms with E-state index in [1.807, 2.05) is 6.92 Å². The number of likely N-dealkylation sites (N-methyl/N-ethyl adjacent to an activating group) is 1. The van der Waals surface area contributed by atoms with Crippen molar-refractivity contribution in [2.24, 2.45) is 0 Å². The first-order chi connectivity index (χ1) is 21.9. The summed E-state index contributed by atoms with van der Waals surface area (Å²) in [7, 11) is 1.48. The number of rotatable bonds is 12. The molecule has 4 aromatic rings. The molecule has 4 heterocycles. The highest BCUT2D eigenvalue weighted by molar-refractivity contribution is 5.98. The van der Waals surface area contributed by atoms with Crippen LogP contribution >= 0.6 is 0 Å². The van der Waals surface area contributed by atoms with Crippen LogP contribution in [-0.2, 0) is 33.5 Å². The summed E-state index contributed by atoms with van der Waals surface area (Å²) in [5.41, 5.74) is -1.34. The Hall–Kier alpha value is -5.13. The molecule has 46 heavy (non-hydrogen) atoms. The summed E-state index contributed by atoms with van der Waals surface area (Å²) >= 11 is 0. The maximum atomic E-state index is 13.8. The fourth-order valence-corrected chi connectivity index (χ4v) is 5.01. The van der Waals surface area contributed by atoms with Crippen LogP contribution in [0.5, 0.6) is 0 Å². The number of imidazole rings is 1. The van der Waals surface area contributed by atoms with Crippen molar-refractivity contribution in [2.45, 2.75) is 38.2 Å². The van der Waals surface area contributed by atoms with Crippen molar-refractivity contribution in [3.05, 3.63) is 59.8 Å². The third kappa shape index (κ3) is 6.33. The van der Waals surface area contributed by atoms with Gasteiger partial charge in [-0.25, -0.2) is 18.7 Å². The van der Waals surface area contributed by atoms with Gasteiger partial charge in [0.2, 0.25) is 11.6 Å². The highest BCUT2D eigenvalue weighted by Gasteiger charge is 2.45. The number of nitrogens with one attached hydrogen (secondary N) is 3. The van der Waals surface area contributed by atoms with E-state index in [-0.39, 0.29) is 43.3 Å². The number of carbonyl (C=O) groups excluding carboxylic acids is 3. The molecule has 3 N–H and O–H groups in total. The zero-order valence-electron chi connectivity index (χ0n) is 24.4. The molecule has 13 nitrogen and oxygen atoms in total. The van der Waals surface area contributed by atoms with Crippen molar-refractivity contribution in [1.29, 1.82) is 0 Å². The SMILES string of the molecule is CCc1cc(Nc2nccn3c(-c4cn(CC(F)F)nc4C(F)(F)F)cnc23)ccc1C(=O)NCC(=O)N(C)C1(OC=O)CNC1. The molecule has 0 atom stereocenters. The van der Waals surface area contributed by atoms with Crippen molar-refractivity contribution in [3.8, 4) is 11.3 Å². The van der Waals surface area contributed by atoms with E-state index in [4.69, 9.17) is 4.74 Å². The van der Waals surface area contributed by atoms with Crippen LogP contribution in [0.25, 0.3) is 16.9 Å². The van der Waals surface area contributed by atoms with Crippen LogP contribution in [0.15, 0.2) is 43.0 Å². The minimum atomic E-state index is -4.91. The van der Waals surface area contributed by atoms with Gasteiger partial charge in [-0.05, 0) is 30.2 Å². The molecule has 1 aromatic carbocycles. The zero-order valence-corrected chi connectivity index (χ0v) is 24.4. The Kier molecular flexibility index (Phi) is 8.91. The Morgan fingerprint density at radius 2 is 2.00 bits per heavy atom. The summed E-state index contributed by atoms with van der Waals surface area (Å²) in [5.74, 6) is -0.796. The van der Waals surface area contributed by atoms with Crippen LogP contribution in [0.3, 0.4) is 0 Å². The summed E-state index contributed by atoms with van der Waals surface area (Å²) in [4.78, 5) is 46.3. The van der Waals surface area contributed by atoms with Gasteiger partial charge in [0, 0.05) is 36.9 Å². The maximum absolute atomic E-state index is 13.8. The maximum Gasteiger partial charge on any atom is 0.435 e. The molecule has 2 amide bonds. The third-order valence-electron chi connectivity index (χ3n) is 7.51. The van der Waals surface area contributed by atoms with Crippen molar-refractivity contribution in [2.75, 3.05) is 32.0 Å². The van der Waals surface area contributed by atoms with Crippen molar-refractivity contribution >= 4 is 35.4 Å². The Balaban J connectivity index is 1.34. The first kappa shape index (κ1) is 32.3. The second kappa shape index (κ2) is 12.7. The highest BCUT2D eigenvalue weighted by atomic mass is 19.4. The van der Waals surface area contributed by atoms with Gasteiger partial charge in [0.1, 0.15) is 6.54 Å². The average molecular weight is 650 g/mol. The number of aryl methyl sites for hydroxylation is 1. The smallest absolute Gasteiger partial charge is 0.435 e. The van der Waals surface area contributed by atoms with Crippen LogP contribution in [0, 0.1) is 0 Å². The molecule has 244 valence electrons. The van der Waals surface area contributed by atoms with E-state index in [1.54, 1.807) is 18.2 Å². The lowest BCUT2D eigenvalue weighted by molar-refractivity contribution is -0.186. The van der Waals surface area contributed by atoms with Crippen molar-refractivity contribution in [3.63, 3.8) is 0 Å². The number of fused-ring (bicyclic) bond motifs is 1. The summed E-state index contributed by atoms with van der Waals surface area (Å²) in [6, 6.07) is 4.81. The first-order valence-corrected chi connectivity index (χ1v) is 13.9. The number of amides is 2. The molecule has 1 aliphatic rings. The largest absolute Gasteiger partial charge is 0.438 e.